The van der Waals surface area contributed by atoms with Crippen LogP contribution in [-0.4, -0.2) is 5.78 Å². The summed E-state index contributed by atoms with van der Waals surface area (Å²) in [5, 5.41) is 1.10. The Morgan fingerprint density at radius 2 is 1.64 bits per heavy atom. The predicted molar refractivity (Wildman–Crippen MR) is 95.0 cm³/mol. The van der Waals surface area contributed by atoms with E-state index in [4.69, 9.17) is 23.2 Å². The molecule has 0 aliphatic carbocycles. The van der Waals surface area contributed by atoms with Gasteiger partial charge in [-0.2, -0.15) is 0 Å². The average Bonchev–Trinajstić information content (AvgIpc) is 2.45. The van der Waals surface area contributed by atoms with Crippen LogP contribution in [0, 0.1) is 0 Å². The van der Waals surface area contributed by atoms with Crippen LogP contribution in [0.2, 0.25) is 10.0 Å². The molecular weight excluding hydrogens is 315 g/mol. The smallest absolute Gasteiger partial charge is 0.185 e. The molecule has 0 heterocycles. The molecule has 0 amide bonds. The van der Waals surface area contributed by atoms with E-state index in [1.807, 2.05) is 24.3 Å². The van der Waals surface area contributed by atoms with Gasteiger partial charge < -0.3 is 0 Å². The van der Waals surface area contributed by atoms with E-state index in [1.54, 1.807) is 24.3 Å². The molecule has 2 rings (SSSR count). The number of carbonyl (C=O) groups is 1. The van der Waals surface area contributed by atoms with Gasteiger partial charge in [0.15, 0.2) is 5.78 Å². The van der Waals surface area contributed by atoms with Gasteiger partial charge in [-0.25, -0.2) is 0 Å². The highest BCUT2D eigenvalue weighted by Gasteiger charge is 2.13. The molecule has 1 nitrogen and oxygen atoms in total. The van der Waals surface area contributed by atoms with Gasteiger partial charge in [0, 0.05) is 15.6 Å². The second-order valence-corrected chi connectivity index (χ2v) is 7.03. The van der Waals surface area contributed by atoms with Gasteiger partial charge in [-0.15, -0.1) is 0 Å². The van der Waals surface area contributed by atoms with Gasteiger partial charge in [0.25, 0.3) is 0 Å². The van der Waals surface area contributed by atoms with Crippen LogP contribution >= 0.6 is 23.2 Å². The fourth-order valence-electron chi connectivity index (χ4n) is 2.03. The van der Waals surface area contributed by atoms with Gasteiger partial charge in [-0.1, -0.05) is 74.3 Å². The minimum atomic E-state index is -0.0496. The fourth-order valence-corrected chi connectivity index (χ4v) is 2.50. The molecule has 0 fully saturated rings. The van der Waals surface area contributed by atoms with E-state index >= 15 is 0 Å². The number of rotatable bonds is 3. The number of allylic oxidation sites excluding steroid dienone is 1. The third-order valence-corrected chi connectivity index (χ3v) is 3.97. The van der Waals surface area contributed by atoms with E-state index < -0.39 is 0 Å². The monoisotopic (exact) mass is 332 g/mol. The SMILES string of the molecule is CC(C)(C)c1ccc(C(=O)/C=C/c2ccc(Cl)cc2Cl)cc1. The standard InChI is InChI=1S/C19H18Cl2O/c1-19(2,3)15-8-4-14(5-9-15)18(22)11-7-13-6-10-16(20)12-17(13)21/h4-12H,1-3H3/b11-7+. The van der Waals surface area contributed by atoms with E-state index in [-0.39, 0.29) is 11.2 Å². The summed E-state index contributed by atoms with van der Waals surface area (Å²) >= 11 is 11.9. The Morgan fingerprint density at radius 3 is 2.18 bits per heavy atom. The van der Waals surface area contributed by atoms with Gasteiger partial charge in [-0.05, 0) is 40.8 Å². The van der Waals surface area contributed by atoms with Crippen LogP contribution in [0.25, 0.3) is 6.08 Å². The highest BCUT2D eigenvalue weighted by Crippen LogP contribution is 2.24. The van der Waals surface area contributed by atoms with Crippen LogP contribution in [0.15, 0.2) is 48.5 Å². The molecular formula is C19H18Cl2O. The van der Waals surface area contributed by atoms with Gasteiger partial charge in [0.1, 0.15) is 0 Å². The first-order valence-electron chi connectivity index (χ1n) is 7.05. The molecule has 0 saturated heterocycles. The Balaban J connectivity index is 2.16. The van der Waals surface area contributed by atoms with E-state index in [0.717, 1.165) is 5.56 Å². The van der Waals surface area contributed by atoms with Crippen molar-refractivity contribution in [2.45, 2.75) is 26.2 Å². The third-order valence-electron chi connectivity index (χ3n) is 3.41. The maximum atomic E-state index is 12.2. The Labute approximate surface area is 141 Å². The highest BCUT2D eigenvalue weighted by molar-refractivity contribution is 6.35. The molecule has 22 heavy (non-hydrogen) atoms. The van der Waals surface area contributed by atoms with Crippen molar-refractivity contribution < 1.29 is 4.79 Å². The normalized spacial score (nSPS) is 11.9. The predicted octanol–water partition coefficient (Wildman–Crippen LogP) is 6.19. The quantitative estimate of drug-likeness (QED) is 0.484. The lowest BCUT2D eigenvalue weighted by Gasteiger charge is -2.18. The summed E-state index contributed by atoms with van der Waals surface area (Å²) in [6.45, 7) is 6.44. The van der Waals surface area contributed by atoms with Crippen LogP contribution in [0.1, 0.15) is 42.3 Å². The molecule has 0 bridgehead atoms. The maximum absolute atomic E-state index is 12.2. The molecule has 114 valence electrons. The van der Waals surface area contributed by atoms with E-state index in [1.165, 1.54) is 11.6 Å². The molecule has 0 saturated carbocycles. The highest BCUT2D eigenvalue weighted by atomic mass is 35.5. The molecule has 2 aromatic carbocycles. The second-order valence-electron chi connectivity index (χ2n) is 6.19. The fraction of sp³-hybridized carbons (Fsp3) is 0.211. The molecule has 0 atom stereocenters. The number of benzene rings is 2. The summed E-state index contributed by atoms with van der Waals surface area (Å²) in [6.07, 6.45) is 3.24. The molecule has 2 aromatic rings. The molecule has 0 aliphatic heterocycles. The van der Waals surface area contributed by atoms with Crippen LogP contribution < -0.4 is 0 Å². The van der Waals surface area contributed by atoms with Crippen molar-refractivity contribution >= 4 is 35.1 Å². The largest absolute Gasteiger partial charge is 0.289 e. The van der Waals surface area contributed by atoms with Crippen molar-refractivity contribution in [3.8, 4) is 0 Å². The maximum Gasteiger partial charge on any atom is 0.185 e. The molecule has 0 aliphatic rings. The molecule has 0 aromatic heterocycles. The minimum Gasteiger partial charge on any atom is -0.289 e. The summed E-state index contributed by atoms with van der Waals surface area (Å²) in [5.74, 6) is -0.0496. The number of halogens is 2. The van der Waals surface area contributed by atoms with Gasteiger partial charge >= 0.3 is 0 Å². The van der Waals surface area contributed by atoms with Gasteiger partial charge in [-0.3, -0.25) is 4.79 Å². The van der Waals surface area contributed by atoms with Crippen molar-refractivity contribution in [2.24, 2.45) is 0 Å². The first-order chi connectivity index (χ1) is 10.3. The number of hydrogen-bond acceptors (Lipinski definition) is 1. The summed E-state index contributed by atoms with van der Waals surface area (Å²) in [5.41, 5.74) is 2.71. The van der Waals surface area contributed by atoms with E-state index in [0.29, 0.717) is 15.6 Å². The topological polar surface area (TPSA) is 17.1 Å². The van der Waals surface area contributed by atoms with Crippen molar-refractivity contribution in [2.75, 3.05) is 0 Å². The third kappa shape index (κ3) is 4.22. The van der Waals surface area contributed by atoms with Crippen LogP contribution in [0.3, 0.4) is 0 Å². The lowest BCUT2D eigenvalue weighted by atomic mass is 9.86. The van der Waals surface area contributed by atoms with Gasteiger partial charge in [0.05, 0.1) is 0 Å². The zero-order valence-electron chi connectivity index (χ0n) is 12.9. The summed E-state index contributed by atoms with van der Waals surface area (Å²) in [7, 11) is 0. The number of carbonyl (C=O) groups excluding carboxylic acids is 1. The van der Waals surface area contributed by atoms with Gasteiger partial charge in [0.2, 0.25) is 0 Å². The van der Waals surface area contributed by atoms with Crippen molar-refractivity contribution in [1.29, 1.82) is 0 Å². The second kappa shape index (κ2) is 6.68. The Morgan fingerprint density at radius 1 is 1.00 bits per heavy atom. The van der Waals surface area contributed by atoms with Crippen LogP contribution in [0.4, 0.5) is 0 Å². The van der Waals surface area contributed by atoms with Crippen molar-refractivity contribution in [3.63, 3.8) is 0 Å². The van der Waals surface area contributed by atoms with E-state index in [9.17, 15) is 4.79 Å². The first-order valence-corrected chi connectivity index (χ1v) is 7.81. The van der Waals surface area contributed by atoms with Crippen LogP contribution in [-0.2, 0) is 5.41 Å². The summed E-state index contributed by atoms with van der Waals surface area (Å²) < 4.78 is 0. The van der Waals surface area contributed by atoms with E-state index in [2.05, 4.69) is 20.8 Å². The Kier molecular flexibility index (Phi) is 5.10. The molecule has 0 radical (unpaired) electrons. The lowest BCUT2D eigenvalue weighted by Crippen LogP contribution is -2.11. The molecule has 3 heteroatoms. The Hall–Kier alpha value is -1.57. The molecule has 0 unspecified atom stereocenters. The number of ketones is 1. The molecule has 0 N–H and O–H groups in total. The number of hydrogen-bond donors (Lipinski definition) is 0. The zero-order valence-corrected chi connectivity index (χ0v) is 14.4. The summed E-state index contributed by atoms with van der Waals surface area (Å²) in [4.78, 5) is 12.2. The first kappa shape index (κ1) is 16.8. The lowest BCUT2D eigenvalue weighted by molar-refractivity contribution is 0.104. The Bertz CT molecular complexity index is 707. The zero-order chi connectivity index (χ0) is 16.3. The van der Waals surface area contributed by atoms with Crippen LogP contribution in [0.5, 0.6) is 0 Å². The van der Waals surface area contributed by atoms with Crippen molar-refractivity contribution in [3.05, 3.63) is 75.3 Å². The molecule has 0 spiro atoms. The minimum absolute atomic E-state index is 0.0496. The summed E-state index contributed by atoms with van der Waals surface area (Å²) in [6, 6.07) is 12.9. The average molecular weight is 333 g/mol. The van der Waals surface area contributed by atoms with Crippen molar-refractivity contribution in [1.82, 2.24) is 0 Å².